The number of alkyl halides is 3. The van der Waals surface area contributed by atoms with Crippen molar-refractivity contribution in [3.8, 4) is 0 Å². The van der Waals surface area contributed by atoms with E-state index in [0.29, 0.717) is 43.3 Å². The van der Waals surface area contributed by atoms with Crippen LogP contribution in [0.5, 0.6) is 0 Å². The van der Waals surface area contributed by atoms with Gasteiger partial charge in [0.25, 0.3) is 0 Å². The third-order valence-electron chi connectivity index (χ3n) is 8.06. The van der Waals surface area contributed by atoms with E-state index in [1.165, 1.54) is 18.2 Å². The van der Waals surface area contributed by atoms with Crippen LogP contribution in [0.15, 0.2) is 42.5 Å². The molecule has 0 aliphatic carbocycles. The number of aliphatic hydroxyl groups is 1. The Balaban J connectivity index is 1.77. The number of piperidine rings is 1. The molecule has 4 rings (SSSR count). The molecule has 0 bridgehead atoms. The van der Waals surface area contributed by atoms with E-state index in [1.807, 2.05) is 44.2 Å². The van der Waals surface area contributed by atoms with Gasteiger partial charge < -0.3 is 19.8 Å². The number of rotatable bonds is 9. The minimum absolute atomic E-state index is 0.000274. The van der Waals surface area contributed by atoms with Crippen LogP contribution in [0.3, 0.4) is 0 Å². The number of fused-ring (bicyclic) bond motifs is 1. The summed E-state index contributed by atoms with van der Waals surface area (Å²) in [6, 6.07) is 14.0. The fourth-order valence-electron chi connectivity index (χ4n) is 5.63. The quantitative estimate of drug-likeness (QED) is 0.351. The zero-order valence-electron chi connectivity index (χ0n) is 23.6. The van der Waals surface area contributed by atoms with E-state index < -0.39 is 11.6 Å². The highest BCUT2D eigenvalue weighted by molar-refractivity contribution is 5.92. The van der Waals surface area contributed by atoms with Crippen LogP contribution in [0.2, 0.25) is 0 Å². The number of hydrogen-bond acceptors (Lipinski definition) is 6. The van der Waals surface area contributed by atoms with E-state index in [9.17, 15) is 18.3 Å². The maximum absolute atomic E-state index is 14.4. The summed E-state index contributed by atoms with van der Waals surface area (Å²) < 4.78 is 43.3. The van der Waals surface area contributed by atoms with Crippen molar-refractivity contribution in [1.82, 2.24) is 9.97 Å². The normalized spacial score (nSPS) is 16.4. The van der Waals surface area contributed by atoms with Crippen LogP contribution in [0.25, 0.3) is 10.9 Å². The molecule has 1 aromatic heterocycles. The van der Waals surface area contributed by atoms with E-state index in [1.54, 1.807) is 13.0 Å². The van der Waals surface area contributed by atoms with Gasteiger partial charge in [-0.2, -0.15) is 13.2 Å². The van der Waals surface area contributed by atoms with Crippen molar-refractivity contribution in [2.75, 3.05) is 62.1 Å². The molecule has 0 radical (unpaired) electrons. The molecule has 0 saturated carbocycles. The Labute approximate surface area is 229 Å². The summed E-state index contributed by atoms with van der Waals surface area (Å²) in [5, 5.41) is 10.1. The summed E-state index contributed by atoms with van der Waals surface area (Å²) >= 11 is 0. The molecule has 1 aliphatic heterocycles. The molecule has 1 saturated heterocycles. The highest BCUT2D eigenvalue weighted by Gasteiger charge is 2.54. The van der Waals surface area contributed by atoms with Gasteiger partial charge in [-0.3, -0.25) is 0 Å². The van der Waals surface area contributed by atoms with Crippen LogP contribution in [-0.2, 0) is 5.41 Å². The van der Waals surface area contributed by atoms with Crippen LogP contribution < -0.4 is 14.7 Å². The Bertz CT molecular complexity index is 1270. The Morgan fingerprint density at radius 1 is 1.03 bits per heavy atom. The van der Waals surface area contributed by atoms with Crippen molar-refractivity contribution in [1.29, 1.82) is 0 Å². The first-order chi connectivity index (χ1) is 18.5. The van der Waals surface area contributed by atoms with Crippen molar-refractivity contribution in [2.45, 2.75) is 57.0 Å². The number of hydrogen-bond donors (Lipinski definition) is 1. The molecule has 39 heavy (non-hydrogen) atoms. The Hall–Kier alpha value is -3.07. The molecule has 212 valence electrons. The lowest BCUT2D eigenvalue weighted by Gasteiger charge is -2.36. The van der Waals surface area contributed by atoms with Gasteiger partial charge >= 0.3 is 6.18 Å². The Kier molecular flexibility index (Phi) is 8.59. The molecular weight excluding hydrogens is 503 g/mol. The molecule has 0 spiro atoms. The number of benzene rings is 2. The van der Waals surface area contributed by atoms with E-state index in [2.05, 4.69) is 33.0 Å². The molecule has 3 aromatic rings. The predicted octanol–water partition coefficient (Wildman–Crippen LogP) is 6.13. The average molecular weight is 544 g/mol. The molecule has 9 heteroatoms. The van der Waals surface area contributed by atoms with Gasteiger partial charge in [0.1, 0.15) is 17.1 Å². The molecule has 2 aromatic carbocycles. The number of aromatic nitrogens is 2. The van der Waals surface area contributed by atoms with E-state index >= 15 is 0 Å². The first-order valence-electron chi connectivity index (χ1n) is 13.7. The number of anilines is 3. The standard InChI is InChI=1S/C30H40F3N5O/c1-6-15-29(2,30(31,32)33)28-34-25-12-11-22(37(5)18-19-39)20-24(25)27(35-28)38-16-13-21(14-17-38)23-9-7-8-10-26(23)36(3)4/h7-12,20-21,39H,6,13-19H2,1-5H3. The van der Waals surface area contributed by atoms with Crippen molar-refractivity contribution in [2.24, 2.45) is 0 Å². The van der Waals surface area contributed by atoms with Crippen LogP contribution >= 0.6 is 0 Å². The lowest BCUT2D eigenvalue weighted by atomic mass is 9.83. The minimum Gasteiger partial charge on any atom is -0.395 e. The maximum atomic E-state index is 14.4. The summed E-state index contributed by atoms with van der Waals surface area (Å²) in [5.41, 5.74) is 1.72. The smallest absolute Gasteiger partial charge is 0.395 e. The zero-order chi connectivity index (χ0) is 28.4. The lowest BCUT2D eigenvalue weighted by molar-refractivity contribution is -0.190. The topological polar surface area (TPSA) is 55.7 Å². The predicted molar refractivity (Wildman–Crippen MR) is 153 cm³/mol. The lowest BCUT2D eigenvalue weighted by Crippen LogP contribution is -2.42. The van der Waals surface area contributed by atoms with Gasteiger partial charge in [0.2, 0.25) is 0 Å². The van der Waals surface area contributed by atoms with Crippen molar-refractivity contribution in [3.05, 3.63) is 53.9 Å². The molecule has 2 heterocycles. The minimum atomic E-state index is -4.47. The van der Waals surface area contributed by atoms with Gasteiger partial charge in [0.15, 0.2) is 0 Å². The maximum Gasteiger partial charge on any atom is 0.401 e. The average Bonchev–Trinajstić information content (AvgIpc) is 2.91. The third-order valence-corrected chi connectivity index (χ3v) is 8.06. The van der Waals surface area contributed by atoms with Crippen LogP contribution in [0.4, 0.5) is 30.4 Å². The number of likely N-dealkylation sites (N-methyl/N-ethyl adjacent to an activating group) is 1. The van der Waals surface area contributed by atoms with Gasteiger partial charge in [-0.1, -0.05) is 31.5 Å². The zero-order valence-corrected chi connectivity index (χ0v) is 23.6. The molecule has 1 fully saturated rings. The summed E-state index contributed by atoms with van der Waals surface area (Å²) in [6.07, 6.45) is -2.43. The number of aliphatic hydroxyl groups excluding tert-OH is 1. The molecular formula is C30H40F3N5O. The third kappa shape index (κ3) is 5.78. The first kappa shape index (κ1) is 28.9. The summed E-state index contributed by atoms with van der Waals surface area (Å²) in [4.78, 5) is 15.4. The van der Waals surface area contributed by atoms with Crippen LogP contribution in [0.1, 0.15) is 56.8 Å². The Morgan fingerprint density at radius 2 is 1.72 bits per heavy atom. The number of halogens is 3. The van der Waals surface area contributed by atoms with E-state index in [-0.39, 0.29) is 18.9 Å². The fraction of sp³-hybridized carbons (Fsp3) is 0.533. The Morgan fingerprint density at radius 3 is 2.33 bits per heavy atom. The van der Waals surface area contributed by atoms with Crippen molar-refractivity contribution < 1.29 is 18.3 Å². The molecule has 1 aliphatic rings. The molecule has 0 amide bonds. The van der Waals surface area contributed by atoms with Crippen molar-refractivity contribution in [3.63, 3.8) is 0 Å². The summed E-state index contributed by atoms with van der Waals surface area (Å²) in [5.74, 6) is 0.746. The van der Waals surface area contributed by atoms with Crippen LogP contribution in [0, 0.1) is 0 Å². The van der Waals surface area contributed by atoms with Gasteiger partial charge in [-0.25, -0.2) is 9.97 Å². The molecule has 1 N–H and O–H groups in total. The van der Waals surface area contributed by atoms with Gasteiger partial charge in [0, 0.05) is 57.5 Å². The number of nitrogens with zero attached hydrogens (tertiary/aromatic N) is 5. The summed E-state index contributed by atoms with van der Waals surface area (Å²) in [6.45, 7) is 4.79. The molecule has 1 atom stereocenters. The second-order valence-electron chi connectivity index (χ2n) is 11.0. The van der Waals surface area contributed by atoms with E-state index in [0.717, 1.165) is 23.9 Å². The number of para-hydroxylation sites is 1. The van der Waals surface area contributed by atoms with Crippen molar-refractivity contribution >= 4 is 28.1 Å². The van der Waals surface area contributed by atoms with E-state index in [4.69, 9.17) is 4.98 Å². The SMILES string of the molecule is CCCC(C)(c1nc(N2CCC(c3ccccc3N(C)C)CC2)c2cc(N(C)CCO)ccc2n1)C(F)(F)F. The van der Waals surface area contributed by atoms with Gasteiger partial charge in [-0.15, -0.1) is 0 Å². The van der Waals surface area contributed by atoms with Crippen LogP contribution in [-0.4, -0.2) is 68.6 Å². The highest BCUT2D eigenvalue weighted by atomic mass is 19.4. The largest absolute Gasteiger partial charge is 0.401 e. The molecule has 1 unspecified atom stereocenters. The fourth-order valence-corrected chi connectivity index (χ4v) is 5.63. The monoisotopic (exact) mass is 543 g/mol. The first-order valence-corrected chi connectivity index (χ1v) is 13.7. The second kappa shape index (κ2) is 11.6. The van der Waals surface area contributed by atoms with Gasteiger partial charge in [0.05, 0.1) is 12.1 Å². The molecule has 6 nitrogen and oxygen atoms in total. The summed E-state index contributed by atoms with van der Waals surface area (Å²) in [7, 11) is 5.96. The second-order valence-corrected chi connectivity index (χ2v) is 11.0. The van der Waals surface area contributed by atoms with Gasteiger partial charge in [-0.05, 0) is 61.9 Å². The highest BCUT2D eigenvalue weighted by Crippen LogP contribution is 2.45.